The lowest BCUT2D eigenvalue weighted by Crippen LogP contribution is -2.09. The molecule has 0 aromatic rings. The second-order valence-electron chi connectivity index (χ2n) is 1.31. The summed E-state index contributed by atoms with van der Waals surface area (Å²) in [6.07, 6.45) is 2.05. The maximum absolute atomic E-state index is 4.08. The Balaban J connectivity index is 2.28. The van der Waals surface area contributed by atoms with E-state index < -0.39 is 0 Å². The summed E-state index contributed by atoms with van der Waals surface area (Å²) in [5, 5.41) is 2.08. The first kappa shape index (κ1) is 5.38. The van der Waals surface area contributed by atoms with Crippen LogP contribution in [0.1, 0.15) is 0 Å². The molecule has 0 N–H and O–H groups in total. The highest BCUT2D eigenvalue weighted by atomic mass is 32.2. The molecule has 40 valence electrons. The van der Waals surface area contributed by atoms with E-state index in [2.05, 4.69) is 29.1 Å². The molecular formula is C4H7NS2. The Kier molecular flexibility index (Phi) is 1.94. The molecule has 0 fully saturated rings. The van der Waals surface area contributed by atoms with Crippen molar-refractivity contribution in [3.8, 4) is 0 Å². The molecule has 0 amide bonds. The number of thioether (sulfide) groups is 1. The zero-order valence-corrected chi connectivity index (χ0v) is 5.58. The minimum Gasteiger partial charge on any atom is -0.359 e. The van der Waals surface area contributed by atoms with Crippen molar-refractivity contribution >= 4 is 24.4 Å². The SMILES string of the molecule is SCN1C=CSC1. The molecule has 0 radical (unpaired) electrons. The van der Waals surface area contributed by atoms with Crippen molar-refractivity contribution in [1.29, 1.82) is 0 Å². The highest BCUT2D eigenvalue weighted by molar-refractivity contribution is 8.02. The molecule has 0 aromatic carbocycles. The molecule has 0 bridgehead atoms. The molecular weight excluding hydrogens is 126 g/mol. The average molecular weight is 133 g/mol. The van der Waals surface area contributed by atoms with Crippen LogP contribution >= 0.6 is 24.4 Å². The molecule has 0 saturated carbocycles. The van der Waals surface area contributed by atoms with E-state index in [1.54, 1.807) is 11.8 Å². The second-order valence-corrected chi connectivity index (χ2v) is 2.46. The Bertz CT molecular complexity index is 81.8. The lowest BCUT2D eigenvalue weighted by Gasteiger charge is -2.07. The first-order chi connectivity index (χ1) is 3.43. The number of hydrogen-bond acceptors (Lipinski definition) is 3. The van der Waals surface area contributed by atoms with Gasteiger partial charge in [0.05, 0.1) is 11.8 Å². The molecule has 0 atom stereocenters. The molecule has 1 nitrogen and oxygen atoms in total. The predicted molar refractivity (Wildman–Crippen MR) is 37.3 cm³/mol. The Labute approximate surface area is 53.2 Å². The molecule has 1 rings (SSSR count). The van der Waals surface area contributed by atoms with Crippen LogP contribution in [-0.2, 0) is 0 Å². The van der Waals surface area contributed by atoms with Gasteiger partial charge in [0, 0.05) is 6.20 Å². The molecule has 0 spiro atoms. The van der Waals surface area contributed by atoms with E-state index in [0.717, 1.165) is 11.8 Å². The van der Waals surface area contributed by atoms with E-state index in [0.29, 0.717) is 0 Å². The summed E-state index contributed by atoms with van der Waals surface area (Å²) >= 11 is 5.88. The third kappa shape index (κ3) is 1.31. The third-order valence-corrected chi connectivity index (χ3v) is 1.95. The molecule has 0 aromatic heterocycles. The van der Waals surface area contributed by atoms with Crippen molar-refractivity contribution < 1.29 is 0 Å². The Morgan fingerprint density at radius 2 is 2.71 bits per heavy atom. The van der Waals surface area contributed by atoms with Crippen LogP contribution < -0.4 is 0 Å². The summed E-state index contributed by atoms with van der Waals surface area (Å²) in [7, 11) is 0. The van der Waals surface area contributed by atoms with Crippen LogP contribution in [0.3, 0.4) is 0 Å². The zero-order valence-electron chi connectivity index (χ0n) is 3.87. The van der Waals surface area contributed by atoms with Gasteiger partial charge >= 0.3 is 0 Å². The minimum absolute atomic E-state index is 0.837. The number of thiol groups is 1. The van der Waals surface area contributed by atoms with Crippen LogP contribution in [0.15, 0.2) is 11.6 Å². The fraction of sp³-hybridized carbons (Fsp3) is 0.500. The van der Waals surface area contributed by atoms with Crippen LogP contribution in [0.25, 0.3) is 0 Å². The van der Waals surface area contributed by atoms with E-state index in [4.69, 9.17) is 0 Å². The molecule has 0 saturated heterocycles. The fourth-order valence-electron chi connectivity index (χ4n) is 0.399. The van der Waals surface area contributed by atoms with Crippen molar-refractivity contribution in [2.45, 2.75) is 0 Å². The van der Waals surface area contributed by atoms with Crippen molar-refractivity contribution in [2.24, 2.45) is 0 Å². The molecule has 1 aliphatic rings. The molecule has 0 aliphatic carbocycles. The van der Waals surface area contributed by atoms with Crippen molar-refractivity contribution in [3.63, 3.8) is 0 Å². The van der Waals surface area contributed by atoms with Gasteiger partial charge in [-0.3, -0.25) is 0 Å². The van der Waals surface area contributed by atoms with Gasteiger partial charge in [0.25, 0.3) is 0 Å². The summed E-state index contributed by atoms with van der Waals surface area (Å²) in [5.41, 5.74) is 0. The van der Waals surface area contributed by atoms with Gasteiger partial charge in [-0.25, -0.2) is 0 Å². The quantitative estimate of drug-likeness (QED) is 0.538. The summed E-state index contributed by atoms with van der Waals surface area (Å²) in [6, 6.07) is 0. The lowest BCUT2D eigenvalue weighted by atomic mass is 10.9. The van der Waals surface area contributed by atoms with E-state index in [1.165, 1.54) is 0 Å². The standard InChI is InChI=1S/C4H7NS2/c6-3-5-1-2-7-4-5/h1-2,6H,3-4H2. The monoisotopic (exact) mass is 133 g/mol. The van der Waals surface area contributed by atoms with E-state index in [9.17, 15) is 0 Å². The van der Waals surface area contributed by atoms with E-state index >= 15 is 0 Å². The van der Waals surface area contributed by atoms with Crippen LogP contribution in [0.4, 0.5) is 0 Å². The van der Waals surface area contributed by atoms with Crippen LogP contribution in [0.2, 0.25) is 0 Å². The average Bonchev–Trinajstić information content (AvgIpc) is 2.14. The number of nitrogens with zero attached hydrogens (tertiary/aromatic N) is 1. The Morgan fingerprint density at radius 1 is 1.86 bits per heavy atom. The minimum atomic E-state index is 0.837. The second kappa shape index (κ2) is 2.52. The number of rotatable bonds is 1. The van der Waals surface area contributed by atoms with Crippen molar-refractivity contribution in [1.82, 2.24) is 4.90 Å². The maximum atomic E-state index is 4.08. The molecule has 1 aliphatic heterocycles. The topological polar surface area (TPSA) is 3.24 Å². The first-order valence-electron chi connectivity index (χ1n) is 2.06. The van der Waals surface area contributed by atoms with Crippen molar-refractivity contribution in [3.05, 3.63) is 11.6 Å². The highest BCUT2D eigenvalue weighted by Gasteiger charge is 1.98. The first-order valence-corrected chi connectivity index (χ1v) is 3.75. The van der Waals surface area contributed by atoms with Gasteiger partial charge in [0.2, 0.25) is 0 Å². The van der Waals surface area contributed by atoms with Crippen LogP contribution in [0.5, 0.6) is 0 Å². The zero-order chi connectivity index (χ0) is 5.11. The number of hydrogen-bond donors (Lipinski definition) is 1. The fourth-order valence-corrected chi connectivity index (χ4v) is 1.44. The summed E-state index contributed by atoms with van der Waals surface area (Å²) < 4.78 is 0. The molecule has 0 unspecified atom stereocenters. The molecule has 7 heavy (non-hydrogen) atoms. The smallest absolute Gasteiger partial charge is 0.0683 e. The summed E-state index contributed by atoms with van der Waals surface area (Å²) in [4.78, 5) is 2.13. The highest BCUT2D eigenvalue weighted by Crippen LogP contribution is 2.14. The predicted octanol–water partition coefficient (Wildman–Crippen LogP) is 1.35. The van der Waals surface area contributed by atoms with Gasteiger partial charge in [0.1, 0.15) is 0 Å². The van der Waals surface area contributed by atoms with Gasteiger partial charge in [-0.15, -0.1) is 11.8 Å². The van der Waals surface area contributed by atoms with Gasteiger partial charge in [-0.05, 0) is 5.41 Å². The normalized spacial score (nSPS) is 18.7. The summed E-state index contributed by atoms with van der Waals surface area (Å²) in [6.45, 7) is 0. The summed E-state index contributed by atoms with van der Waals surface area (Å²) in [5.74, 6) is 1.91. The molecule has 3 heteroatoms. The van der Waals surface area contributed by atoms with Gasteiger partial charge in [0.15, 0.2) is 0 Å². The lowest BCUT2D eigenvalue weighted by molar-refractivity contribution is 0.532. The molecule has 1 heterocycles. The van der Waals surface area contributed by atoms with Gasteiger partial charge in [-0.1, -0.05) is 0 Å². The van der Waals surface area contributed by atoms with Crippen LogP contribution in [-0.4, -0.2) is 16.7 Å². The Hall–Kier alpha value is 0.240. The van der Waals surface area contributed by atoms with E-state index in [-0.39, 0.29) is 0 Å². The van der Waals surface area contributed by atoms with E-state index in [1.807, 2.05) is 0 Å². The third-order valence-electron chi connectivity index (χ3n) is 0.790. The maximum Gasteiger partial charge on any atom is 0.0683 e. The van der Waals surface area contributed by atoms with Gasteiger partial charge < -0.3 is 4.90 Å². The Morgan fingerprint density at radius 3 is 3.00 bits per heavy atom. The largest absolute Gasteiger partial charge is 0.359 e. The van der Waals surface area contributed by atoms with Gasteiger partial charge in [-0.2, -0.15) is 12.6 Å². The van der Waals surface area contributed by atoms with Crippen LogP contribution in [0, 0.1) is 0 Å². The van der Waals surface area contributed by atoms with Crippen molar-refractivity contribution in [2.75, 3.05) is 11.8 Å².